The minimum absolute atomic E-state index is 0.0805. The highest BCUT2D eigenvalue weighted by Gasteiger charge is 2.30. The lowest BCUT2D eigenvalue weighted by molar-refractivity contribution is 0.379. The van der Waals surface area contributed by atoms with E-state index in [9.17, 15) is 13.5 Å². The van der Waals surface area contributed by atoms with Gasteiger partial charge in [0.05, 0.1) is 0 Å². The number of hydrogen-bond donors (Lipinski definition) is 1. The van der Waals surface area contributed by atoms with Crippen molar-refractivity contribution in [3.63, 3.8) is 0 Å². The van der Waals surface area contributed by atoms with E-state index in [1.807, 2.05) is 11.0 Å². The van der Waals surface area contributed by atoms with Gasteiger partial charge in [-0.3, -0.25) is 0 Å². The van der Waals surface area contributed by atoms with E-state index in [4.69, 9.17) is 5.26 Å². The minimum Gasteiger partial charge on any atom is -0.507 e. The SMILES string of the molecule is N#Cc1cccc(N2CCN(S(=O)(=O)c3ccccc3O)CC2)n1. The molecule has 7 nitrogen and oxygen atoms in total. The average Bonchev–Trinajstić information content (AvgIpc) is 2.62. The van der Waals surface area contributed by atoms with Crippen molar-refractivity contribution in [1.82, 2.24) is 9.29 Å². The van der Waals surface area contributed by atoms with Crippen LogP contribution in [0.5, 0.6) is 5.75 Å². The molecular formula is C16H16N4O3S. The standard InChI is InChI=1S/C16H16N4O3S/c17-12-13-4-3-7-16(18-13)19-8-10-20(11-9-19)24(22,23)15-6-2-1-5-14(15)21/h1-7,21H,8-11H2. The van der Waals surface area contributed by atoms with Gasteiger partial charge in [-0.2, -0.15) is 9.57 Å². The first-order valence-corrected chi connectivity index (χ1v) is 8.86. The number of aromatic hydroxyl groups is 1. The smallest absolute Gasteiger partial charge is 0.246 e. The molecule has 0 saturated carbocycles. The van der Waals surface area contributed by atoms with Gasteiger partial charge in [0.2, 0.25) is 10.0 Å². The van der Waals surface area contributed by atoms with Gasteiger partial charge in [0.25, 0.3) is 0 Å². The van der Waals surface area contributed by atoms with Crippen LogP contribution in [0, 0.1) is 11.3 Å². The molecule has 2 heterocycles. The third-order valence-corrected chi connectivity index (χ3v) is 5.84. The molecule has 0 aliphatic carbocycles. The molecule has 24 heavy (non-hydrogen) atoms. The van der Waals surface area contributed by atoms with Crippen molar-refractivity contribution in [3.05, 3.63) is 48.2 Å². The summed E-state index contributed by atoms with van der Waals surface area (Å²) in [5, 5.41) is 18.7. The van der Waals surface area contributed by atoms with Crippen molar-refractivity contribution in [2.45, 2.75) is 4.90 Å². The monoisotopic (exact) mass is 344 g/mol. The van der Waals surface area contributed by atoms with Gasteiger partial charge in [0.15, 0.2) is 0 Å². The van der Waals surface area contributed by atoms with Gasteiger partial charge in [-0.1, -0.05) is 18.2 Å². The second kappa shape index (κ2) is 6.47. The third kappa shape index (κ3) is 3.04. The quantitative estimate of drug-likeness (QED) is 0.898. The predicted octanol–water partition coefficient (Wildman–Crippen LogP) is 1.17. The van der Waals surface area contributed by atoms with Gasteiger partial charge in [-0.05, 0) is 24.3 Å². The maximum Gasteiger partial charge on any atom is 0.246 e. The molecule has 1 aliphatic rings. The van der Waals surface area contributed by atoms with Gasteiger partial charge in [-0.25, -0.2) is 13.4 Å². The number of anilines is 1. The number of phenols is 1. The Bertz CT molecular complexity index is 884. The summed E-state index contributed by atoms with van der Waals surface area (Å²) < 4.78 is 26.6. The van der Waals surface area contributed by atoms with Crippen LogP contribution in [0.1, 0.15) is 5.69 Å². The first kappa shape index (κ1) is 16.2. The van der Waals surface area contributed by atoms with Crippen molar-refractivity contribution in [3.8, 4) is 11.8 Å². The van der Waals surface area contributed by atoms with Crippen LogP contribution in [0.3, 0.4) is 0 Å². The molecule has 2 aromatic rings. The van der Waals surface area contributed by atoms with Crippen molar-refractivity contribution in [2.75, 3.05) is 31.1 Å². The van der Waals surface area contributed by atoms with Crippen molar-refractivity contribution >= 4 is 15.8 Å². The number of para-hydroxylation sites is 1. The highest BCUT2D eigenvalue weighted by Crippen LogP contribution is 2.26. The van der Waals surface area contributed by atoms with E-state index < -0.39 is 10.0 Å². The number of aromatic nitrogens is 1. The van der Waals surface area contributed by atoms with Crippen LogP contribution in [-0.4, -0.2) is 49.0 Å². The molecule has 8 heteroatoms. The Labute approximate surface area is 140 Å². The molecule has 1 aromatic carbocycles. The molecule has 124 valence electrons. The van der Waals surface area contributed by atoms with E-state index in [1.54, 1.807) is 30.3 Å². The summed E-state index contributed by atoms with van der Waals surface area (Å²) in [6, 6.07) is 13.1. The predicted molar refractivity (Wildman–Crippen MR) is 88.0 cm³/mol. The lowest BCUT2D eigenvalue weighted by Gasteiger charge is -2.34. The summed E-state index contributed by atoms with van der Waals surface area (Å²) in [5.41, 5.74) is 0.330. The number of sulfonamides is 1. The molecule has 1 fully saturated rings. The number of benzene rings is 1. The Hall–Kier alpha value is -2.63. The van der Waals surface area contributed by atoms with Crippen molar-refractivity contribution in [1.29, 1.82) is 5.26 Å². The normalized spacial score (nSPS) is 15.9. The molecule has 0 spiro atoms. The number of hydrogen-bond acceptors (Lipinski definition) is 6. The third-order valence-electron chi connectivity index (χ3n) is 3.89. The first-order valence-electron chi connectivity index (χ1n) is 7.42. The fourth-order valence-corrected chi connectivity index (χ4v) is 4.14. The Morgan fingerprint density at radius 1 is 1.04 bits per heavy atom. The second-order valence-corrected chi connectivity index (χ2v) is 7.26. The Kier molecular flexibility index (Phi) is 4.38. The fraction of sp³-hybridized carbons (Fsp3) is 0.250. The molecule has 1 aromatic heterocycles. The molecule has 0 bridgehead atoms. The topological polar surface area (TPSA) is 97.5 Å². The van der Waals surface area contributed by atoms with E-state index in [2.05, 4.69) is 4.98 Å². The van der Waals surface area contributed by atoms with E-state index in [1.165, 1.54) is 16.4 Å². The fourth-order valence-electron chi connectivity index (χ4n) is 2.63. The lowest BCUT2D eigenvalue weighted by Crippen LogP contribution is -2.48. The van der Waals surface area contributed by atoms with E-state index >= 15 is 0 Å². The molecule has 3 rings (SSSR count). The lowest BCUT2D eigenvalue weighted by atomic mass is 10.3. The molecule has 0 radical (unpaired) electrons. The molecule has 0 atom stereocenters. The number of rotatable bonds is 3. The van der Waals surface area contributed by atoms with Crippen LogP contribution in [0.25, 0.3) is 0 Å². The number of nitriles is 1. The van der Waals surface area contributed by atoms with Crippen LogP contribution in [-0.2, 0) is 10.0 Å². The average molecular weight is 344 g/mol. The number of piperazine rings is 1. The zero-order chi connectivity index (χ0) is 17.2. The Morgan fingerprint density at radius 2 is 1.75 bits per heavy atom. The summed E-state index contributed by atoms with van der Waals surface area (Å²) in [5.74, 6) is 0.414. The highest BCUT2D eigenvalue weighted by molar-refractivity contribution is 7.89. The highest BCUT2D eigenvalue weighted by atomic mass is 32.2. The molecule has 1 N–H and O–H groups in total. The van der Waals surface area contributed by atoms with Crippen LogP contribution in [0.2, 0.25) is 0 Å². The summed E-state index contributed by atoms with van der Waals surface area (Å²) in [4.78, 5) is 6.09. The van der Waals surface area contributed by atoms with E-state index in [0.717, 1.165) is 0 Å². The first-order chi connectivity index (χ1) is 11.5. The van der Waals surface area contributed by atoms with Crippen LogP contribution in [0.4, 0.5) is 5.82 Å². The molecule has 0 unspecified atom stereocenters. The van der Waals surface area contributed by atoms with E-state index in [0.29, 0.717) is 24.6 Å². The van der Waals surface area contributed by atoms with Crippen molar-refractivity contribution < 1.29 is 13.5 Å². The Balaban J connectivity index is 1.75. The summed E-state index contributed by atoms with van der Waals surface area (Å²) in [7, 11) is -3.73. The van der Waals surface area contributed by atoms with Gasteiger partial charge in [0.1, 0.15) is 28.2 Å². The van der Waals surface area contributed by atoms with Gasteiger partial charge >= 0.3 is 0 Å². The zero-order valence-corrected chi connectivity index (χ0v) is 13.6. The minimum atomic E-state index is -3.73. The number of phenolic OH excluding ortho intramolecular Hbond substituents is 1. The summed E-state index contributed by atoms with van der Waals surface area (Å²) >= 11 is 0. The summed E-state index contributed by atoms with van der Waals surface area (Å²) in [6.45, 7) is 1.51. The van der Waals surface area contributed by atoms with Crippen LogP contribution in [0.15, 0.2) is 47.4 Å². The maximum absolute atomic E-state index is 12.6. The van der Waals surface area contributed by atoms with E-state index in [-0.39, 0.29) is 23.7 Å². The zero-order valence-electron chi connectivity index (χ0n) is 12.8. The van der Waals surface area contributed by atoms with Crippen molar-refractivity contribution in [2.24, 2.45) is 0 Å². The second-order valence-electron chi connectivity index (χ2n) is 5.35. The van der Waals surface area contributed by atoms with Gasteiger partial charge in [0, 0.05) is 26.2 Å². The van der Waals surface area contributed by atoms with Gasteiger partial charge in [-0.15, -0.1) is 0 Å². The van der Waals surface area contributed by atoms with Gasteiger partial charge < -0.3 is 10.0 Å². The molecule has 0 amide bonds. The number of pyridine rings is 1. The van der Waals surface area contributed by atoms with Crippen LogP contribution < -0.4 is 4.90 Å². The van der Waals surface area contributed by atoms with Crippen LogP contribution >= 0.6 is 0 Å². The molecule has 1 aliphatic heterocycles. The number of nitrogens with zero attached hydrogens (tertiary/aromatic N) is 4. The Morgan fingerprint density at radius 3 is 2.42 bits per heavy atom. The largest absolute Gasteiger partial charge is 0.507 e. The molecule has 1 saturated heterocycles. The summed E-state index contributed by atoms with van der Waals surface area (Å²) in [6.07, 6.45) is 0. The maximum atomic E-state index is 12.6. The molecular weight excluding hydrogens is 328 g/mol.